The molecule has 1 atom stereocenters. The normalized spacial score (nSPS) is 16.9. The summed E-state index contributed by atoms with van der Waals surface area (Å²) in [5, 5.41) is 9.00. The first-order valence-corrected chi connectivity index (χ1v) is 11.0. The maximum absolute atomic E-state index is 13.2. The van der Waals surface area contributed by atoms with Crippen molar-refractivity contribution in [3.63, 3.8) is 0 Å². The van der Waals surface area contributed by atoms with Crippen molar-refractivity contribution in [2.75, 3.05) is 5.75 Å². The molecule has 2 aromatic rings. The van der Waals surface area contributed by atoms with E-state index in [1.54, 1.807) is 18.3 Å². The van der Waals surface area contributed by atoms with Crippen LogP contribution in [-0.2, 0) is 46.6 Å². The summed E-state index contributed by atoms with van der Waals surface area (Å²) in [5.41, 5.74) is 6.59. The molecule has 0 radical (unpaired) electrons. The Morgan fingerprint density at radius 1 is 1.11 bits per heavy atom. The zero-order valence-corrected chi connectivity index (χ0v) is 15.9. The van der Waals surface area contributed by atoms with E-state index in [0.29, 0.717) is 4.90 Å². The van der Waals surface area contributed by atoms with Crippen LogP contribution in [0.25, 0.3) is 0 Å². The average Bonchev–Trinajstić information content (AvgIpc) is 3.31. The fraction of sp³-hybridized carbons (Fsp3) is 0.381. The van der Waals surface area contributed by atoms with Crippen LogP contribution in [0.2, 0.25) is 0 Å². The van der Waals surface area contributed by atoms with Crippen LogP contribution >= 0.6 is 0 Å². The van der Waals surface area contributed by atoms with Gasteiger partial charge in [-0.1, -0.05) is 6.07 Å². The number of Topliss-reactive ketones (excluding diaryl/α,β-unsaturated/α-hetero) is 1. The standard InChI is InChI=1S/C21H21N3O2S/c22-14-24-27(26,18-7-9-23-10-8-18)13-17(25)12-21-19-5-1-3-15(19)11-16-4-2-6-20(16)21/h7-11H,1-6,12-13H2. The van der Waals surface area contributed by atoms with Crippen molar-refractivity contribution >= 4 is 15.5 Å². The van der Waals surface area contributed by atoms with Gasteiger partial charge in [0.1, 0.15) is 0 Å². The van der Waals surface area contributed by atoms with Crippen LogP contribution in [0, 0.1) is 11.5 Å². The first kappa shape index (κ1) is 17.9. The minimum atomic E-state index is -3.09. The molecule has 0 aliphatic heterocycles. The summed E-state index contributed by atoms with van der Waals surface area (Å²) in [6, 6.07) is 5.46. The molecule has 0 amide bonds. The summed E-state index contributed by atoms with van der Waals surface area (Å²) in [7, 11) is -3.09. The third-order valence-electron chi connectivity index (χ3n) is 5.53. The van der Waals surface area contributed by atoms with Crippen molar-refractivity contribution in [1.82, 2.24) is 4.98 Å². The number of ketones is 1. The van der Waals surface area contributed by atoms with Gasteiger partial charge in [0.25, 0.3) is 0 Å². The van der Waals surface area contributed by atoms with E-state index in [9.17, 15) is 9.00 Å². The fourth-order valence-corrected chi connectivity index (χ4v) is 5.95. The largest absolute Gasteiger partial charge is 0.298 e. The summed E-state index contributed by atoms with van der Waals surface area (Å²) in [4.78, 5) is 17.2. The predicted octanol–water partition coefficient (Wildman–Crippen LogP) is 3.18. The highest BCUT2D eigenvalue weighted by molar-refractivity contribution is 7.94. The van der Waals surface area contributed by atoms with Crippen molar-refractivity contribution in [1.29, 1.82) is 5.26 Å². The number of aryl methyl sites for hydroxylation is 2. The molecule has 138 valence electrons. The van der Waals surface area contributed by atoms with E-state index in [4.69, 9.17) is 5.26 Å². The maximum atomic E-state index is 13.2. The van der Waals surface area contributed by atoms with Gasteiger partial charge in [-0.2, -0.15) is 5.26 Å². The number of rotatable bonds is 5. The highest BCUT2D eigenvalue weighted by Gasteiger charge is 2.26. The van der Waals surface area contributed by atoms with Crippen LogP contribution in [0.1, 0.15) is 40.7 Å². The molecule has 0 saturated heterocycles. The van der Waals surface area contributed by atoms with Gasteiger partial charge in [-0.3, -0.25) is 9.78 Å². The quantitative estimate of drug-likeness (QED) is 0.747. The lowest BCUT2D eigenvalue weighted by Gasteiger charge is -2.15. The Morgan fingerprint density at radius 3 is 2.33 bits per heavy atom. The SMILES string of the molecule is N#CN=S(=O)(CC(=O)Cc1c2c(cc3c1CCC3)CCC2)c1ccncc1. The fourth-order valence-electron chi connectivity index (χ4n) is 4.40. The summed E-state index contributed by atoms with van der Waals surface area (Å²) in [6.07, 6.45) is 11.4. The van der Waals surface area contributed by atoms with E-state index in [-0.39, 0.29) is 18.0 Å². The van der Waals surface area contributed by atoms with Gasteiger partial charge in [0.2, 0.25) is 6.19 Å². The number of fused-ring (bicyclic) bond motifs is 2. The number of benzene rings is 1. The molecule has 1 heterocycles. The van der Waals surface area contributed by atoms with Crippen LogP contribution in [0.15, 0.2) is 39.9 Å². The number of carbonyl (C=O) groups excluding carboxylic acids is 1. The Bertz CT molecular complexity index is 1030. The van der Waals surface area contributed by atoms with Crippen LogP contribution in [0.5, 0.6) is 0 Å². The first-order chi connectivity index (χ1) is 13.1. The van der Waals surface area contributed by atoms with Crippen LogP contribution in [-0.4, -0.2) is 20.7 Å². The molecule has 5 nitrogen and oxygen atoms in total. The Balaban J connectivity index is 1.65. The van der Waals surface area contributed by atoms with Gasteiger partial charge >= 0.3 is 0 Å². The lowest BCUT2D eigenvalue weighted by molar-refractivity contribution is -0.116. The van der Waals surface area contributed by atoms with Crippen molar-refractivity contribution in [3.05, 3.63) is 58.4 Å². The van der Waals surface area contributed by atoms with Crippen molar-refractivity contribution in [2.45, 2.75) is 49.8 Å². The minimum Gasteiger partial charge on any atom is -0.298 e. The lowest BCUT2D eigenvalue weighted by Crippen LogP contribution is -2.19. The molecular formula is C21H21N3O2S. The molecule has 27 heavy (non-hydrogen) atoms. The third-order valence-corrected chi connectivity index (χ3v) is 7.63. The molecule has 1 unspecified atom stereocenters. The average molecular weight is 379 g/mol. The first-order valence-electron chi connectivity index (χ1n) is 9.31. The number of pyridine rings is 1. The van der Waals surface area contributed by atoms with Gasteiger partial charge in [0, 0.05) is 18.8 Å². The summed E-state index contributed by atoms with van der Waals surface area (Å²) >= 11 is 0. The Morgan fingerprint density at radius 2 is 1.74 bits per heavy atom. The molecular weight excluding hydrogens is 358 g/mol. The molecule has 1 aromatic carbocycles. The molecule has 2 aliphatic rings. The van der Waals surface area contributed by atoms with Crippen molar-refractivity contribution in [3.8, 4) is 6.19 Å². The number of nitrogens with zero attached hydrogens (tertiary/aromatic N) is 3. The van der Waals surface area contributed by atoms with Crippen molar-refractivity contribution in [2.24, 2.45) is 4.36 Å². The van der Waals surface area contributed by atoms with E-state index >= 15 is 0 Å². The van der Waals surface area contributed by atoms with E-state index in [0.717, 1.165) is 44.1 Å². The van der Waals surface area contributed by atoms with E-state index in [1.807, 2.05) is 0 Å². The molecule has 6 heteroatoms. The van der Waals surface area contributed by atoms with Gasteiger partial charge in [0.15, 0.2) is 5.78 Å². The predicted molar refractivity (Wildman–Crippen MR) is 103 cm³/mol. The summed E-state index contributed by atoms with van der Waals surface area (Å²) in [6.45, 7) is 0. The molecule has 2 aliphatic carbocycles. The van der Waals surface area contributed by atoms with E-state index in [1.165, 1.54) is 34.6 Å². The number of hydrogen-bond acceptors (Lipinski definition) is 5. The Labute approximate surface area is 159 Å². The monoisotopic (exact) mass is 379 g/mol. The Hall–Kier alpha value is -2.52. The molecule has 0 bridgehead atoms. The summed E-state index contributed by atoms with van der Waals surface area (Å²) < 4.78 is 16.9. The van der Waals surface area contributed by atoms with E-state index < -0.39 is 9.73 Å². The molecule has 0 N–H and O–H groups in total. The molecule has 0 saturated carbocycles. The van der Waals surface area contributed by atoms with Gasteiger partial charge in [-0.05, 0) is 78.5 Å². The topological polar surface area (TPSA) is 83.2 Å². The van der Waals surface area contributed by atoms with Crippen LogP contribution in [0.3, 0.4) is 0 Å². The van der Waals surface area contributed by atoms with E-state index in [2.05, 4.69) is 15.4 Å². The highest BCUT2D eigenvalue weighted by atomic mass is 32.2. The van der Waals surface area contributed by atoms with Crippen LogP contribution in [0.4, 0.5) is 0 Å². The van der Waals surface area contributed by atoms with Crippen LogP contribution < -0.4 is 0 Å². The van der Waals surface area contributed by atoms with Gasteiger partial charge in [-0.25, -0.2) is 4.21 Å². The zero-order chi connectivity index (χ0) is 18.9. The van der Waals surface area contributed by atoms with Gasteiger partial charge < -0.3 is 0 Å². The highest BCUT2D eigenvalue weighted by Crippen LogP contribution is 2.35. The molecule has 0 spiro atoms. The number of aromatic nitrogens is 1. The molecule has 4 rings (SSSR count). The minimum absolute atomic E-state index is 0.120. The second-order valence-corrected chi connectivity index (χ2v) is 9.44. The number of carbonyl (C=O) groups is 1. The number of nitriles is 1. The van der Waals surface area contributed by atoms with Gasteiger partial charge in [0.05, 0.1) is 20.4 Å². The Kier molecular flexibility index (Phi) is 4.79. The summed E-state index contributed by atoms with van der Waals surface area (Å²) in [5.74, 6) is -0.353. The van der Waals surface area contributed by atoms with Gasteiger partial charge in [-0.15, -0.1) is 4.36 Å². The molecule has 0 fully saturated rings. The zero-order valence-electron chi connectivity index (χ0n) is 15.1. The van der Waals surface area contributed by atoms with Crippen molar-refractivity contribution < 1.29 is 9.00 Å². The maximum Gasteiger partial charge on any atom is 0.214 e. The number of hydrogen-bond donors (Lipinski definition) is 0. The molecule has 1 aromatic heterocycles. The second-order valence-electron chi connectivity index (χ2n) is 7.21. The third kappa shape index (κ3) is 3.40. The second kappa shape index (κ2) is 7.24. The smallest absolute Gasteiger partial charge is 0.214 e. The lowest BCUT2D eigenvalue weighted by atomic mass is 9.91.